The SMILES string of the molecule is O=C(O)C(=O)O.O=C(O)CC(C(F)(F)F)C(F)(F)F. The van der Waals surface area contributed by atoms with E-state index in [0.29, 0.717) is 0 Å². The molecule has 0 fully saturated rings. The van der Waals surface area contributed by atoms with E-state index in [9.17, 15) is 31.1 Å². The highest BCUT2D eigenvalue weighted by Gasteiger charge is 2.57. The van der Waals surface area contributed by atoms with Crippen molar-refractivity contribution < 1.29 is 56.0 Å². The van der Waals surface area contributed by atoms with Crippen molar-refractivity contribution >= 4 is 17.9 Å². The quantitative estimate of drug-likeness (QED) is 0.524. The topological polar surface area (TPSA) is 112 Å². The zero-order chi connectivity index (χ0) is 16.0. The van der Waals surface area contributed by atoms with Gasteiger partial charge in [0.2, 0.25) is 0 Å². The lowest BCUT2D eigenvalue weighted by Gasteiger charge is -2.20. The minimum atomic E-state index is -5.57. The van der Waals surface area contributed by atoms with Crippen molar-refractivity contribution in [3.63, 3.8) is 0 Å². The van der Waals surface area contributed by atoms with Gasteiger partial charge in [0.05, 0.1) is 6.42 Å². The molecule has 0 aromatic rings. The number of carboxylic acids is 3. The Bertz CT molecular complexity index is 319. The van der Waals surface area contributed by atoms with Gasteiger partial charge in [-0.3, -0.25) is 4.79 Å². The molecule has 0 unspecified atom stereocenters. The fourth-order valence-electron chi connectivity index (χ4n) is 0.592. The van der Waals surface area contributed by atoms with Crippen molar-refractivity contribution in [2.24, 2.45) is 5.92 Å². The number of halogens is 6. The Morgan fingerprint density at radius 2 is 1.05 bits per heavy atom. The molecule has 0 saturated heterocycles. The van der Waals surface area contributed by atoms with Gasteiger partial charge in [0.1, 0.15) is 0 Å². The van der Waals surface area contributed by atoms with Gasteiger partial charge in [-0.2, -0.15) is 26.3 Å². The van der Waals surface area contributed by atoms with E-state index in [1.165, 1.54) is 0 Å². The van der Waals surface area contributed by atoms with Gasteiger partial charge in [0.15, 0.2) is 5.92 Å². The largest absolute Gasteiger partial charge is 0.481 e. The van der Waals surface area contributed by atoms with Crippen LogP contribution in [-0.4, -0.2) is 45.6 Å². The maximum Gasteiger partial charge on any atom is 0.414 e. The first-order chi connectivity index (χ1) is 8.19. The maximum absolute atomic E-state index is 11.6. The van der Waals surface area contributed by atoms with Crippen LogP contribution in [0.1, 0.15) is 6.42 Å². The zero-order valence-corrected chi connectivity index (χ0v) is 8.62. The van der Waals surface area contributed by atoms with E-state index in [-0.39, 0.29) is 0 Å². The summed E-state index contributed by atoms with van der Waals surface area (Å²) in [5.41, 5.74) is 0. The molecule has 0 heterocycles. The number of carboxylic acid groups (broad SMARTS) is 3. The molecule has 112 valence electrons. The van der Waals surface area contributed by atoms with E-state index in [4.69, 9.17) is 24.9 Å². The van der Waals surface area contributed by atoms with Gasteiger partial charge in [-0.25, -0.2) is 9.59 Å². The second-order valence-electron chi connectivity index (χ2n) is 2.84. The molecule has 0 aromatic carbocycles. The van der Waals surface area contributed by atoms with Gasteiger partial charge < -0.3 is 15.3 Å². The fraction of sp³-hybridized carbons (Fsp3) is 0.571. The van der Waals surface area contributed by atoms with Crippen molar-refractivity contribution in [2.75, 3.05) is 0 Å². The number of rotatable bonds is 2. The third-order valence-electron chi connectivity index (χ3n) is 1.35. The zero-order valence-electron chi connectivity index (χ0n) is 8.62. The van der Waals surface area contributed by atoms with Gasteiger partial charge >= 0.3 is 30.3 Å². The van der Waals surface area contributed by atoms with Gasteiger partial charge in [0, 0.05) is 0 Å². The predicted molar refractivity (Wildman–Crippen MR) is 43.1 cm³/mol. The maximum atomic E-state index is 11.6. The first-order valence-corrected chi connectivity index (χ1v) is 4.01. The third kappa shape index (κ3) is 9.67. The van der Waals surface area contributed by atoms with Crippen LogP contribution >= 0.6 is 0 Å². The summed E-state index contributed by atoms with van der Waals surface area (Å²) in [6.45, 7) is 0. The van der Waals surface area contributed by atoms with Crippen LogP contribution in [0.4, 0.5) is 26.3 Å². The highest BCUT2D eigenvalue weighted by molar-refractivity contribution is 6.27. The second-order valence-corrected chi connectivity index (χ2v) is 2.84. The Morgan fingerprint density at radius 3 is 1.11 bits per heavy atom. The van der Waals surface area contributed by atoms with Crippen LogP contribution in [0.15, 0.2) is 0 Å². The number of carbonyl (C=O) groups is 3. The Kier molecular flexibility index (Phi) is 6.92. The molecular weight excluding hydrogens is 294 g/mol. The van der Waals surface area contributed by atoms with Crippen molar-refractivity contribution in [3.8, 4) is 0 Å². The first-order valence-electron chi connectivity index (χ1n) is 4.01. The van der Waals surface area contributed by atoms with Crippen molar-refractivity contribution in [1.29, 1.82) is 0 Å². The van der Waals surface area contributed by atoms with Crippen LogP contribution in [0, 0.1) is 5.92 Å². The molecule has 0 aromatic heterocycles. The molecule has 0 saturated carbocycles. The van der Waals surface area contributed by atoms with Crippen LogP contribution in [0.5, 0.6) is 0 Å². The summed E-state index contributed by atoms with van der Waals surface area (Å²) in [4.78, 5) is 27.9. The molecule has 0 atom stereocenters. The van der Waals surface area contributed by atoms with Gasteiger partial charge in [0.25, 0.3) is 0 Å². The normalized spacial score (nSPS) is 11.5. The van der Waals surface area contributed by atoms with Gasteiger partial charge in [-0.15, -0.1) is 0 Å². The molecule has 12 heteroatoms. The third-order valence-corrected chi connectivity index (χ3v) is 1.35. The molecule has 19 heavy (non-hydrogen) atoms. The Balaban J connectivity index is 0. The Labute approximate surface area is 99.8 Å². The summed E-state index contributed by atoms with van der Waals surface area (Å²) in [7, 11) is 0. The smallest absolute Gasteiger partial charge is 0.414 e. The summed E-state index contributed by atoms with van der Waals surface area (Å²) in [5.74, 6) is -9.58. The van der Waals surface area contributed by atoms with Gasteiger partial charge in [-0.05, 0) is 0 Å². The van der Waals surface area contributed by atoms with Crippen molar-refractivity contribution in [3.05, 3.63) is 0 Å². The number of aliphatic carboxylic acids is 3. The first kappa shape index (κ1) is 19.3. The van der Waals surface area contributed by atoms with E-state index >= 15 is 0 Å². The number of alkyl halides is 6. The minimum Gasteiger partial charge on any atom is -0.481 e. The molecule has 0 aliphatic rings. The summed E-state index contributed by atoms with van der Waals surface area (Å²) >= 11 is 0. The molecule has 0 radical (unpaired) electrons. The molecule has 6 nitrogen and oxygen atoms in total. The molecule has 0 amide bonds. The minimum absolute atomic E-state index is 1.82. The summed E-state index contributed by atoms with van der Waals surface area (Å²) in [6, 6.07) is 0. The molecule has 0 aliphatic carbocycles. The lowest BCUT2D eigenvalue weighted by atomic mass is 10.1. The van der Waals surface area contributed by atoms with Crippen LogP contribution in [0.25, 0.3) is 0 Å². The van der Waals surface area contributed by atoms with Gasteiger partial charge in [-0.1, -0.05) is 0 Å². The highest BCUT2D eigenvalue weighted by Crippen LogP contribution is 2.41. The van der Waals surface area contributed by atoms with E-state index in [1.54, 1.807) is 0 Å². The van der Waals surface area contributed by atoms with E-state index < -0.39 is 42.6 Å². The van der Waals surface area contributed by atoms with Crippen LogP contribution < -0.4 is 0 Å². The molecule has 0 rings (SSSR count). The highest BCUT2D eigenvalue weighted by atomic mass is 19.4. The average molecular weight is 300 g/mol. The monoisotopic (exact) mass is 300 g/mol. The Morgan fingerprint density at radius 1 is 0.789 bits per heavy atom. The number of hydrogen-bond acceptors (Lipinski definition) is 3. The lowest BCUT2D eigenvalue weighted by Crippen LogP contribution is -2.37. The molecular formula is C7H6F6O6. The summed E-state index contributed by atoms with van der Waals surface area (Å²) in [6.07, 6.45) is -13.1. The van der Waals surface area contributed by atoms with Crippen molar-refractivity contribution in [2.45, 2.75) is 18.8 Å². The van der Waals surface area contributed by atoms with E-state index in [0.717, 1.165) is 0 Å². The van der Waals surface area contributed by atoms with Crippen molar-refractivity contribution in [1.82, 2.24) is 0 Å². The standard InChI is InChI=1S/C5H4F6O2.C2H2O4/c6-4(7,8)2(1-3(12)13)5(9,10)11;3-1(4)2(5)6/h2H,1H2,(H,12,13);(H,3,4)(H,5,6). The number of hydrogen-bond donors (Lipinski definition) is 3. The summed E-state index contributed by atoms with van der Waals surface area (Å²) in [5, 5.41) is 22.6. The lowest BCUT2D eigenvalue weighted by molar-refractivity contribution is -0.285. The predicted octanol–water partition coefficient (Wildman–Crippen LogP) is 1.36. The Hall–Kier alpha value is -2.01. The van der Waals surface area contributed by atoms with Crippen LogP contribution in [-0.2, 0) is 14.4 Å². The second kappa shape index (κ2) is 6.80. The average Bonchev–Trinajstić information content (AvgIpc) is 2.11. The molecule has 3 N–H and O–H groups in total. The molecule has 0 spiro atoms. The summed E-state index contributed by atoms with van der Waals surface area (Å²) < 4.78 is 69.6. The van der Waals surface area contributed by atoms with E-state index in [2.05, 4.69) is 0 Å². The molecule has 0 aliphatic heterocycles. The molecule has 0 bridgehead atoms. The van der Waals surface area contributed by atoms with E-state index in [1.807, 2.05) is 0 Å². The van der Waals surface area contributed by atoms with Crippen LogP contribution in [0.2, 0.25) is 0 Å². The van der Waals surface area contributed by atoms with Crippen LogP contribution in [0.3, 0.4) is 0 Å². The fourth-order valence-corrected chi connectivity index (χ4v) is 0.592.